The molecule has 1 heterocycles. The van der Waals surface area contributed by atoms with Crippen LogP contribution in [-0.4, -0.2) is 34.2 Å². The first kappa shape index (κ1) is 20.7. The second kappa shape index (κ2) is 9.90. The van der Waals surface area contributed by atoms with Crippen LogP contribution in [0.15, 0.2) is 36.4 Å². The molecule has 2 aromatic rings. The lowest BCUT2D eigenvalue weighted by Gasteiger charge is -2.23. The quantitative estimate of drug-likeness (QED) is 0.667. The maximum absolute atomic E-state index is 12.6. The van der Waals surface area contributed by atoms with Gasteiger partial charge in [-0.25, -0.2) is 0 Å². The van der Waals surface area contributed by atoms with Gasteiger partial charge < -0.3 is 10.6 Å². The minimum atomic E-state index is -0.545. The van der Waals surface area contributed by atoms with Crippen LogP contribution >= 0.6 is 0 Å². The van der Waals surface area contributed by atoms with E-state index < -0.39 is 6.04 Å². The summed E-state index contributed by atoms with van der Waals surface area (Å²) in [5, 5.41) is 10.3. The summed E-state index contributed by atoms with van der Waals surface area (Å²) in [6.45, 7) is 9.29. The summed E-state index contributed by atoms with van der Waals surface area (Å²) in [7, 11) is 0. The monoisotopic (exact) mass is 370 g/mol. The predicted octanol–water partition coefficient (Wildman–Crippen LogP) is 2.85. The summed E-state index contributed by atoms with van der Waals surface area (Å²) >= 11 is 0. The third kappa shape index (κ3) is 5.94. The Morgan fingerprint density at radius 2 is 1.89 bits per heavy atom. The van der Waals surface area contributed by atoms with Gasteiger partial charge in [0.25, 0.3) is 5.91 Å². The number of nitrogens with zero attached hydrogens (tertiary/aromatic N) is 2. The number of benzene rings is 1. The normalized spacial score (nSPS) is 13.0. The molecule has 0 fully saturated rings. The standard InChI is InChI=1S/C21H30N4O2/c1-5-15(2)19(23-20(26)18-10-7-6-8-11-18)21(27)22-12-9-13-25-17(4)14-16(3)24-25/h6-8,10-11,14-15,19H,5,9,12-13H2,1-4H3,(H,22,27)(H,23,26). The van der Waals surface area contributed by atoms with Crippen LogP contribution in [0.3, 0.4) is 0 Å². The number of hydrogen-bond acceptors (Lipinski definition) is 3. The van der Waals surface area contributed by atoms with Gasteiger partial charge >= 0.3 is 0 Å². The Hall–Kier alpha value is -2.63. The molecule has 2 amide bonds. The van der Waals surface area contributed by atoms with Gasteiger partial charge in [-0.3, -0.25) is 14.3 Å². The molecule has 1 aromatic carbocycles. The highest BCUT2D eigenvalue weighted by molar-refractivity contribution is 5.97. The Morgan fingerprint density at radius 1 is 1.19 bits per heavy atom. The molecular weight excluding hydrogens is 340 g/mol. The van der Waals surface area contributed by atoms with E-state index in [-0.39, 0.29) is 17.7 Å². The number of aromatic nitrogens is 2. The zero-order valence-corrected chi connectivity index (χ0v) is 16.7. The average molecular weight is 370 g/mol. The molecule has 1 aromatic heterocycles. The predicted molar refractivity (Wildman–Crippen MR) is 106 cm³/mol. The van der Waals surface area contributed by atoms with Gasteiger partial charge in [0.1, 0.15) is 6.04 Å². The molecule has 0 saturated carbocycles. The molecule has 2 atom stereocenters. The Bertz CT molecular complexity index is 755. The number of hydrogen-bond donors (Lipinski definition) is 2. The van der Waals surface area contributed by atoms with Crippen molar-refractivity contribution in [1.82, 2.24) is 20.4 Å². The number of amides is 2. The molecule has 0 bridgehead atoms. The Labute approximate surface area is 161 Å². The van der Waals surface area contributed by atoms with Gasteiger partial charge in [-0.1, -0.05) is 38.5 Å². The highest BCUT2D eigenvalue weighted by atomic mass is 16.2. The van der Waals surface area contributed by atoms with E-state index in [4.69, 9.17) is 0 Å². The molecular formula is C21H30N4O2. The first-order chi connectivity index (χ1) is 12.9. The molecule has 0 saturated heterocycles. The van der Waals surface area contributed by atoms with Crippen LogP contribution in [0.1, 0.15) is 48.4 Å². The van der Waals surface area contributed by atoms with Crippen LogP contribution in [0.2, 0.25) is 0 Å². The molecule has 6 heteroatoms. The SMILES string of the molecule is CCC(C)C(NC(=O)c1ccccc1)C(=O)NCCCn1nc(C)cc1C. The zero-order valence-electron chi connectivity index (χ0n) is 16.7. The summed E-state index contributed by atoms with van der Waals surface area (Å²) in [5.41, 5.74) is 2.67. The van der Waals surface area contributed by atoms with Gasteiger partial charge in [-0.2, -0.15) is 5.10 Å². The summed E-state index contributed by atoms with van der Waals surface area (Å²) < 4.78 is 1.95. The third-order valence-corrected chi connectivity index (χ3v) is 4.77. The van der Waals surface area contributed by atoms with Crippen LogP contribution in [0.4, 0.5) is 0 Å². The number of aryl methyl sites for hydroxylation is 3. The summed E-state index contributed by atoms with van der Waals surface area (Å²) in [6.07, 6.45) is 1.59. The van der Waals surface area contributed by atoms with Crippen LogP contribution < -0.4 is 10.6 Å². The summed E-state index contributed by atoms with van der Waals surface area (Å²) in [5.74, 6) is -0.311. The van der Waals surface area contributed by atoms with E-state index in [1.165, 1.54) is 0 Å². The number of carbonyl (C=O) groups excluding carboxylic acids is 2. The van der Waals surface area contributed by atoms with E-state index in [1.54, 1.807) is 12.1 Å². The van der Waals surface area contributed by atoms with Gasteiger partial charge in [0.05, 0.1) is 5.69 Å². The second-order valence-corrected chi connectivity index (χ2v) is 7.00. The lowest BCUT2D eigenvalue weighted by molar-refractivity contribution is -0.124. The van der Waals surface area contributed by atoms with E-state index >= 15 is 0 Å². The fourth-order valence-electron chi connectivity index (χ4n) is 2.97. The first-order valence-corrected chi connectivity index (χ1v) is 9.57. The number of nitrogens with one attached hydrogen (secondary N) is 2. The van der Waals surface area contributed by atoms with E-state index in [2.05, 4.69) is 15.7 Å². The molecule has 2 N–H and O–H groups in total. The van der Waals surface area contributed by atoms with Crippen LogP contribution in [0, 0.1) is 19.8 Å². The maximum Gasteiger partial charge on any atom is 0.251 e. The van der Waals surface area contributed by atoms with Gasteiger partial charge in [0.2, 0.25) is 5.91 Å². The van der Waals surface area contributed by atoms with Gasteiger partial charge in [0.15, 0.2) is 0 Å². The van der Waals surface area contributed by atoms with Crippen LogP contribution in [-0.2, 0) is 11.3 Å². The summed E-state index contributed by atoms with van der Waals surface area (Å²) in [6, 6.07) is 10.5. The Kier molecular flexibility index (Phi) is 7.58. The van der Waals surface area contributed by atoms with Crippen molar-refractivity contribution in [2.75, 3.05) is 6.54 Å². The van der Waals surface area contributed by atoms with Crippen LogP contribution in [0.25, 0.3) is 0 Å². The lowest BCUT2D eigenvalue weighted by atomic mass is 9.98. The van der Waals surface area contributed by atoms with Crippen molar-refractivity contribution in [3.8, 4) is 0 Å². The highest BCUT2D eigenvalue weighted by Crippen LogP contribution is 2.10. The Balaban J connectivity index is 1.88. The molecule has 0 aliphatic heterocycles. The Morgan fingerprint density at radius 3 is 2.48 bits per heavy atom. The highest BCUT2D eigenvalue weighted by Gasteiger charge is 2.25. The molecule has 0 aliphatic carbocycles. The molecule has 2 rings (SSSR count). The van der Waals surface area contributed by atoms with Crippen LogP contribution in [0.5, 0.6) is 0 Å². The molecule has 0 aliphatic rings. The fraction of sp³-hybridized carbons (Fsp3) is 0.476. The summed E-state index contributed by atoms with van der Waals surface area (Å²) in [4.78, 5) is 25.1. The topological polar surface area (TPSA) is 76.0 Å². The van der Waals surface area contributed by atoms with Gasteiger partial charge in [0, 0.05) is 24.3 Å². The van der Waals surface area contributed by atoms with Crippen molar-refractivity contribution < 1.29 is 9.59 Å². The fourth-order valence-corrected chi connectivity index (χ4v) is 2.97. The smallest absolute Gasteiger partial charge is 0.251 e. The minimum Gasteiger partial charge on any atom is -0.354 e. The number of rotatable bonds is 9. The first-order valence-electron chi connectivity index (χ1n) is 9.57. The van der Waals surface area contributed by atoms with E-state index in [1.807, 2.05) is 56.6 Å². The molecule has 2 unspecified atom stereocenters. The second-order valence-electron chi connectivity index (χ2n) is 7.00. The molecule has 146 valence electrons. The minimum absolute atomic E-state index is 0.0497. The van der Waals surface area contributed by atoms with E-state index in [0.717, 1.165) is 30.8 Å². The lowest BCUT2D eigenvalue weighted by Crippen LogP contribution is -2.50. The van der Waals surface area contributed by atoms with Crippen molar-refractivity contribution in [2.24, 2.45) is 5.92 Å². The maximum atomic E-state index is 12.6. The average Bonchev–Trinajstić information content (AvgIpc) is 3.00. The number of carbonyl (C=O) groups is 2. The largest absolute Gasteiger partial charge is 0.354 e. The van der Waals surface area contributed by atoms with E-state index in [9.17, 15) is 9.59 Å². The molecule has 6 nitrogen and oxygen atoms in total. The van der Waals surface area contributed by atoms with Gasteiger partial charge in [-0.15, -0.1) is 0 Å². The zero-order chi connectivity index (χ0) is 19.8. The molecule has 0 spiro atoms. The third-order valence-electron chi connectivity index (χ3n) is 4.77. The molecule has 0 radical (unpaired) electrons. The van der Waals surface area contributed by atoms with Crippen molar-refractivity contribution >= 4 is 11.8 Å². The van der Waals surface area contributed by atoms with Gasteiger partial charge in [-0.05, 0) is 44.4 Å². The molecule has 27 heavy (non-hydrogen) atoms. The van der Waals surface area contributed by atoms with Crippen molar-refractivity contribution in [3.05, 3.63) is 53.3 Å². The van der Waals surface area contributed by atoms with Crippen molar-refractivity contribution in [3.63, 3.8) is 0 Å². The van der Waals surface area contributed by atoms with Crippen molar-refractivity contribution in [2.45, 2.75) is 53.1 Å². The van der Waals surface area contributed by atoms with E-state index in [0.29, 0.717) is 12.1 Å². The van der Waals surface area contributed by atoms with Crippen molar-refractivity contribution in [1.29, 1.82) is 0 Å².